The molecule has 1 aliphatic rings. The Hall–Kier alpha value is 1.01. The van der Waals surface area contributed by atoms with E-state index < -0.39 is 0 Å². The second-order valence-corrected chi connectivity index (χ2v) is 5.30. The molecule has 0 N–H and O–H groups in total. The van der Waals surface area contributed by atoms with Crippen LogP contribution in [0.25, 0.3) is 0 Å². The molecule has 1 radical (unpaired) electrons. The molecule has 0 amide bonds. The molecule has 0 saturated heterocycles. The Labute approximate surface area is 65.9 Å². The molecule has 0 nitrogen and oxygen atoms in total. The number of rotatable bonds is 1. The van der Waals surface area contributed by atoms with E-state index in [2.05, 4.69) is 14.1 Å². The Morgan fingerprint density at radius 3 is 2.25 bits per heavy atom. The molecule has 0 spiro atoms. The van der Waals surface area contributed by atoms with Crippen molar-refractivity contribution in [2.45, 2.75) is 36.9 Å². The first kappa shape index (κ1) is 7.12. The Morgan fingerprint density at radius 2 is 1.88 bits per heavy atom. The largest absolute Gasteiger partial charge is 0.320 e. The normalized spacial score (nSPS) is 23.1. The van der Waals surface area contributed by atoms with Crippen LogP contribution in [0.5, 0.6) is 0 Å². The maximum Gasteiger partial charge on any atom is 0.320 e. The summed E-state index contributed by atoms with van der Waals surface area (Å²) in [6.45, 7) is 0. The van der Waals surface area contributed by atoms with Crippen LogP contribution in [-0.4, -0.2) is 13.4 Å². The smallest absolute Gasteiger partial charge is 0.232 e. The summed E-state index contributed by atoms with van der Waals surface area (Å²) in [4.78, 5) is 0. The minimum absolute atomic E-state index is 0. The van der Waals surface area contributed by atoms with Gasteiger partial charge in [-0.05, 0) is 0 Å². The molecule has 2 heteroatoms. The summed E-state index contributed by atoms with van der Waals surface area (Å²) in [6.07, 6.45) is 7.47. The lowest BCUT2D eigenvalue weighted by molar-refractivity contribution is 0.503. The lowest BCUT2D eigenvalue weighted by atomic mass is 10.0. The molecule has 0 aliphatic heterocycles. The lowest BCUT2D eigenvalue weighted by Crippen LogP contribution is -2.02. The van der Waals surface area contributed by atoms with Gasteiger partial charge in [-0.25, -0.2) is 14.1 Å². The van der Waals surface area contributed by atoms with Crippen LogP contribution in [0.1, 0.15) is 33.5 Å². The molecule has 0 unspecified atom stereocenters. The maximum atomic E-state index is 3.59. The first-order valence-electron chi connectivity index (χ1n) is 3.37. The van der Waals surface area contributed by atoms with E-state index in [0.29, 0.717) is 13.4 Å². The van der Waals surface area contributed by atoms with Crippen molar-refractivity contribution in [1.29, 1.82) is 0 Å². The van der Waals surface area contributed by atoms with Crippen LogP contribution in [0, 0.1) is 0 Å². The van der Waals surface area contributed by atoms with E-state index in [1.54, 1.807) is 0 Å². The SMILES string of the molecule is [Br][Al][CH]1CCCCC1.[HH]. The molecule has 0 aromatic heterocycles. The Bertz CT molecular complexity index is 64.1. The van der Waals surface area contributed by atoms with E-state index in [1.165, 1.54) is 32.1 Å². The average Bonchev–Trinajstić information content (AvgIpc) is 1.90. The van der Waals surface area contributed by atoms with Crippen LogP contribution in [0.4, 0.5) is 0 Å². The minimum atomic E-state index is 0. The van der Waals surface area contributed by atoms with Gasteiger partial charge in [0.05, 0.1) is 0 Å². The molecule has 0 aromatic carbocycles. The van der Waals surface area contributed by atoms with Crippen LogP contribution in [0.2, 0.25) is 4.78 Å². The van der Waals surface area contributed by atoms with Crippen molar-refractivity contribution in [2.24, 2.45) is 0 Å². The highest BCUT2D eigenvalue weighted by Gasteiger charge is 2.12. The molecule has 47 valence electrons. The maximum absolute atomic E-state index is 3.59. The third kappa shape index (κ3) is 2.09. The highest BCUT2D eigenvalue weighted by atomic mass is 79.9. The quantitative estimate of drug-likeness (QED) is 0.560. The minimum Gasteiger partial charge on any atom is -0.232 e. The Kier molecular flexibility index (Phi) is 3.50. The summed E-state index contributed by atoms with van der Waals surface area (Å²) >= 11 is 4.19. The molecule has 0 bridgehead atoms. The summed E-state index contributed by atoms with van der Waals surface area (Å²) < 4.78 is 1.09. The van der Waals surface area contributed by atoms with Gasteiger partial charge in [0.15, 0.2) is 0 Å². The summed E-state index contributed by atoms with van der Waals surface area (Å²) in [6, 6.07) is 0. The molecule has 1 rings (SSSR count). The molecule has 0 atom stereocenters. The summed E-state index contributed by atoms with van der Waals surface area (Å²) in [5.74, 6) is 0. The van der Waals surface area contributed by atoms with Gasteiger partial charge in [0.1, 0.15) is 0 Å². The zero-order chi connectivity index (χ0) is 5.82. The van der Waals surface area contributed by atoms with Crippen molar-refractivity contribution in [2.75, 3.05) is 0 Å². The molecular formula is C6H13AlBr. The van der Waals surface area contributed by atoms with Gasteiger partial charge in [0.25, 0.3) is 0 Å². The molecule has 1 fully saturated rings. The van der Waals surface area contributed by atoms with Crippen molar-refractivity contribution in [1.82, 2.24) is 0 Å². The van der Waals surface area contributed by atoms with Gasteiger partial charge in [0.2, 0.25) is 0 Å². The van der Waals surface area contributed by atoms with Crippen LogP contribution < -0.4 is 0 Å². The van der Waals surface area contributed by atoms with Gasteiger partial charge in [-0.3, -0.25) is 0 Å². The van der Waals surface area contributed by atoms with E-state index in [-0.39, 0.29) is 1.43 Å². The summed E-state index contributed by atoms with van der Waals surface area (Å²) in [5, 5.41) is 0. The molecule has 0 heterocycles. The van der Waals surface area contributed by atoms with Crippen molar-refractivity contribution < 1.29 is 1.43 Å². The topological polar surface area (TPSA) is 0 Å². The lowest BCUT2D eigenvalue weighted by Gasteiger charge is -2.17. The van der Waals surface area contributed by atoms with E-state index in [0.717, 1.165) is 4.78 Å². The van der Waals surface area contributed by atoms with Crippen molar-refractivity contribution >= 4 is 27.4 Å². The average molecular weight is 192 g/mol. The number of hydrogen-bond donors (Lipinski definition) is 0. The molecule has 1 saturated carbocycles. The van der Waals surface area contributed by atoms with Crippen molar-refractivity contribution in [3.8, 4) is 0 Å². The predicted molar refractivity (Wildman–Crippen MR) is 43.6 cm³/mol. The fraction of sp³-hybridized carbons (Fsp3) is 1.00. The van der Waals surface area contributed by atoms with E-state index >= 15 is 0 Å². The highest BCUT2D eigenvalue weighted by Crippen LogP contribution is 2.28. The number of halogens is 1. The number of hydrogen-bond acceptors (Lipinski definition) is 0. The van der Waals surface area contributed by atoms with Crippen LogP contribution >= 0.6 is 14.1 Å². The van der Waals surface area contributed by atoms with Gasteiger partial charge in [-0.2, -0.15) is 0 Å². The van der Waals surface area contributed by atoms with Crippen LogP contribution in [0.15, 0.2) is 0 Å². The first-order valence-corrected chi connectivity index (χ1v) is 7.22. The van der Waals surface area contributed by atoms with Crippen LogP contribution in [0.3, 0.4) is 0 Å². The first-order chi connectivity index (χ1) is 3.93. The van der Waals surface area contributed by atoms with Crippen molar-refractivity contribution in [3.05, 3.63) is 0 Å². The molecule has 1 aliphatic carbocycles. The third-order valence-electron chi connectivity index (χ3n) is 1.83. The van der Waals surface area contributed by atoms with E-state index in [9.17, 15) is 0 Å². The zero-order valence-corrected chi connectivity index (χ0v) is 7.81. The van der Waals surface area contributed by atoms with Gasteiger partial charge in [-0.15, -0.1) is 0 Å². The second-order valence-electron chi connectivity index (χ2n) is 2.52. The summed E-state index contributed by atoms with van der Waals surface area (Å²) in [5.41, 5.74) is 0. The fourth-order valence-electron chi connectivity index (χ4n) is 1.26. The van der Waals surface area contributed by atoms with Gasteiger partial charge in [0, 0.05) is 1.43 Å². The van der Waals surface area contributed by atoms with Crippen LogP contribution in [-0.2, 0) is 0 Å². The highest BCUT2D eigenvalue weighted by molar-refractivity contribution is 9.23. The zero-order valence-electron chi connectivity index (χ0n) is 5.07. The fourth-order valence-corrected chi connectivity index (χ4v) is 3.57. The Morgan fingerprint density at radius 1 is 1.25 bits per heavy atom. The second kappa shape index (κ2) is 3.93. The molecule has 8 heavy (non-hydrogen) atoms. The van der Waals surface area contributed by atoms with E-state index in [4.69, 9.17) is 0 Å². The molecule has 0 aromatic rings. The Balaban J connectivity index is 0.000000640. The standard InChI is InChI=1S/C6H11.Al.BrH.H2/c1-2-4-6-5-3-1;;;/h1H,2-6H2;;2*1H/q;+1;;/p-1. The van der Waals surface area contributed by atoms with E-state index in [1.807, 2.05) is 0 Å². The van der Waals surface area contributed by atoms with Gasteiger partial charge < -0.3 is 0 Å². The molecular weight excluding hydrogens is 179 g/mol. The summed E-state index contributed by atoms with van der Waals surface area (Å²) in [7, 11) is 0. The third-order valence-corrected chi connectivity index (χ3v) is 5.09. The van der Waals surface area contributed by atoms with Gasteiger partial charge in [-0.1, -0.05) is 36.9 Å². The monoisotopic (exact) mass is 191 g/mol. The van der Waals surface area contributed by atoms with Crippen molar-refractivity contribution in [3.63, 3.8) is 0 Å². The van der Waals surface area contributed by atoms with Gasteiger partial charge >= 0.3 is 13.4 Å². The predicted octanol–water partition coefficient (Wildman–Crippen LogP) is 3.00.